The highest BCUT2D eigenvalue weighted by Gasteiger charge is 2.17. The van der Waals surface area contributed by atoms with Gasteiger partial charge in [-0.1, -0.05) is 20.8 Å². The second-order valence-corrected chi connectivity index (χ2v) is 3.83. The van der Waals surface area contributed by atoms with Crippen molar-refractivity contribution in [1.82, 2.24) is 4.68 Å². The topological polar surface area (TPSA) is 55.7 Å². The van der Waals surface area contributed by atoms with E-state index in [0.717, 1.165) is 4.47 Å². The smallest absolute Gasteiger partial charge is 0.253 e. The van der Waals surface area contributed by atoms with Gasteiger partial charge in [0.2, 0.25) is 0 Å². The summed E-state index contributed by atoms with van der Waals surface area (Å²) < 4.78 is 2.11. The molecule has 0 amide bonds. The number of aromatic nitrogens is 2. The fraction of sp³-hybridized carbons (Fsp3) is 0.111. The number of halogens is 1. The molecule has 0 radical (unpaired) electrons. The van der Waals surface area contributed by atoms with Crippen molar-refractivity contribution in [3.63, 3.8) is 0 Å². The molecule has 1 aromatic heterocycles. The lowest BCUT2D eigenvalue weighted by Crippen LogP contribution is -2.36. The van der Waals surface area contributed by atoms with Crippen LogP contribution in [0.25, 0.3) is 10.9 Å². The Morgan fingerprint density at radius 3 is 2.93 bits per heavy atom. The third-order valence-electron chi connectivity index (χ3n) is 2.12. The first kappa shape index (κ1) is 9.03. The molecule has 0 aliphatic rings. The molecule has 70 valence electrons. The van der Waals surface area contributed by atoms with Crippen LogP contribution < -0.4 is 4.85 Å². The van der Waals surface area contributed by atoms with Gasteiger partial charge in [0.1, 0.15) is 6.07 Å². The highest BCUT2D eigenvalue weighted by atomic mass is 79.9. The SMILES string of the molecule is Cn1c(C#N)c2ccc(Br)cc2[n+]1[O-]. The Labute approximate surface area is 88.7 Å². The summed E-state index contributed by atoms with van der Waals surface area (Å²) in [5, 5.41) is 21.1. The summed E-state index contributed by atoms with van der Waals surface area (Å²) in [5.41, 5.74) is 0.876. The van der Waals surface area contributed by atoms with Gasteiger partial charge in [0.25, 0.3) is 5.52 Å². The zero-order valence-corrected chi connectivity index (χ0v) is 8.95. The highest BCUT2D eigenvalue weighted by Crippen LogP contribution is 2.20. The molecule has 0 saturated carbocycles. The Balaban J connectivity index is 2.97. The molecule has 0 fully saturated rings. The number of fused-ring (bicyclic) bond motifs is 1. The molecule has 2 aromatic rings. The first-order valence-electron chi connectivity index (χ1n) is 3.93. The summed E-state index contributed by atoms with van der Waals surface area (Å²) in [6.45, 7) is 0. The standard InChI is InChI=1S/C9H6BrN3O/c1-12-9(5-11)7-3-2-6(10)4-8(7)13(12)14/h2-4H,1H3. The van der Waals surface area contributed by atoms with E-state index in [1.165, 1.54) is 4.68 Å². The van der Waals surface area contributed by atoms with Crippen LogP contribution in [0.3, 0.4) is 0 Å². The second-order valence-electron chi connectivity index (χ2n) is 2.92. The van der Waals surface area contributed by atoms with Crippen molar-refractivity contribution < 1.29 is 4.85 Å². The van der Waals surface area contributed by atoms with Crippen molar-refractivity contribution in [1.29, 1.82) is 5.26 Å². The number of benzene rings is 1. The average Bonchev–Trinajstić information content (AvgIpc) is 2.41. The van der Waals surface area contributed by atoms with E-state index in [-0.39, 0.29) is 0 Å². The zero-order chi connectivity index (χ0) is 10.3. The van der Waals surface area contributed by atoms with Crippen LogP contribution in [0.15, 0.2) is 22.7 Å². The van der Waals surface area contributed by atoms with Crippen LogP contribution in [0.2, 0.25) is 0 Å². The number of hydrogen-bond donors (Lipinski definition) is 0. The third-order valence-corrected chi connectivity index (χ3v) is 2.62. The van der Waals surface area contributed by atoms with Crippen molar-refractivity contribution in [2.45, 2.75) is 0 Å². The predicted octanol–water partition coefficient (Wildman–Crippen LogP) is 1.45. The maximum atomic E-state index is 11.6. The van der Waals surface area contributed by atoms with Gasteiger partial charge < -0.3 is 5.21 Å². The minimum atomic E-state index is 0.377. The van der Waals surface area contributed by atoms with Crippen molar-refractivity contribution in [3.05, 3.63) is 33.6 Å². The van der Waals surface area contributed by atoms with Crippen LogP contribution in [0.5, 0.6) is 0 Å². The first-order valence-corrected chi connectivity index (χ1v) is 4.72. The van der Waals surface area contributed by atoms with Gasteiger partial charge in [-0.2, -0.15) is 5.26 Å². The fourth-order valence-corrected chi connectivity index (χ4v) is 1.77. The van der Waals surface area contributed by atoms with E-state index in [0.29, 0.717) is 21.4 Å². The Bertz CT molecular complexity index is 553. The molecule has 2 rings (SSSR count). The fourth-order valence-electron chi connectivity index (χ4n) is 1.42. The summed E-state index contributed by atoms with van der Waals surface area (Å²) >= 11 is 3.28. The summed E-state index contributed by atoms with van der Waals surface area (Å²) in [7, 11) is 1.57. The van der Waals surface area contributed by atoms with Crippen molar-refractivity contribution >= 4 is 26.8 Å². The van der Waals surface area contributed by atoms with E-state index in [1.807, 2.05) is 12.1 Å². The zero-order valence-electron chi connectivity index (χ0n) is 7.36. The lowest BCUT2D eigenvalue weighted by molar-refractivity contribution is -0.667. The highest BCUT2D eigenvalue weighted by molar-refractivity contribution is 9.10. The van der Waals surface area contributed by atoms with Crippen LogP contribution in [-0.4, -0.2) is 4.68 Å². The van der Waals surface area contributed by atoms with Crippen LogP contribution in [-0.2, 0) is 7.05 Å². The van der Waals surface area contributed by atoms with E-state index >= 15 is 0 Å². The van der Waals surface area contributed by atoms with Gasteiger partial charge in [-0.05, 0) is 12.1 Å². The Kier molecular flexibility index (Phi) is 1.93. The maximum absolute atomic E-state index is 11.6. The molecule has 0 bridgehead atoms. The van der Waals surface area contributed by atoms with E-state index in [2.05, 4.69) is 15.9 Å². The molecule has 0 aliphatic carbocycles. The second kappa shape index (κ2) is 3.00. The minimum Gasteiger partial charge on any atom is -0.595 e. The lowest BCUT2D eigenvalue weighted by Gasteiger charge is -1.95. The predicted molar refractivity (Wildman–Crippen MR) is 54.3 cm³/mol. The van der Waals surface area contributed by atoms with Crippen molar-refractivity contribution in [2.24, 2.45) is 7.05 Å². The summed E-state index contributed by atoms with van der Waals surface area (Å²) in [5.74, 6) is 0. The number of nitrogens with zero attached hydrogens (tertiary/aromatic N) is 3. The van der Waals surface area contributed by atoms with Crippen molar-refractivity contribution in [2.75, 3.05) is 0 Å². The summed E-state index contributed by atoms with van der Waals surface area (Å²) in [6.07, 6.45) is 0. The van der Waals surface area contributed by atoms with Gasteiger partial charge in [0.15, 0.2) is 5.69 Å². The average molecular weight is 252 g/mol. The monoisotopic (exact) mass is 251 g/mol. The maximum Gasteiger partial charge on any atom is 0.253 e. The molecule has 0 unspecified atom stereocenters. The Morgan fingerprint density at radius 2 is 2.29 bits per heavy atom. The van der Waals surface area contributed by atoms with Gasteiger partial charge in [0.05, 0.1) is 12.4 Å². The van der Waals surface area contributed by atoms with Gasteiger partial charge in [-0.3, -0.25) is 0 Å². The van der Waals surface area contributed by atoms with E-state index in [9.17, 15) is 5.21 Å². The molecule has 14 heavy (non-hydrogen) atoms. The van der Waals surface area contributed by atoms with Crippen LogP contribution in [0, 0.1) is 16.5 Å². The molecule has 0 saturated heterocycles. The first-order chi connectivity index (χ1) is 6.65. The Hall–Kier alpha value is -1.54. The molecule has 4 nitrogen and oxygen atoms in total. The van der Waals surface area contributed by atoms with Gasteiger partial charge in [-0.15, -0.1) is 4.68 Å². The number of nitriles is 1. The molecule has 5 heteroatoms. The normalized spacial score (nSPS) is 10.4. The van der Waals surface area contributed by atoms with Crippen LogP contribution in [0.1, 0.15) is 5.69 Å². The molecule has 0 N–H and O–H groups in total. The molecular formula is C9H6BrN3O. The molecule has 1 heterocycles. The van der Waals surface area contributed by atoms with E-state index in [1.54, 1.807) is 19.2 Å². The molecule has 1 aromatic carbocycles. The molecule has 0 atom stereocenters. The summed E-state index contributed by atoms with van der Waals surface area (Å²) in [6, 6.07) is 7.27. The minimum absolute atomic E-state index is 0.377. The third kappa shape index (κ3) is 1.08. The lowest BCUT2D eigenvalue weighted by atomic mass is 10.2. The van der Waals surface area contributed by atoms with Gasteiger partial charge in [-0.25, -0.2) is 0 Å². The number of hydrogen-bond acceptors (Lipinski definition) is 2. The largest absolute Gasteiger partial charge is 0.595 e. The Morgan fingerprint density at radius 1 is 1.57 bits per heavy atom. The molecular weight excluding hydrogens is 246 g/mol. The molecule has 0 spiro atoms. The number of rotatable bonds is 0. The van der Waals surface area contributed by atoms with Crippen LogP contribution in [0.4, 0.5) is 0 Å². The van der Waals surface area contributed by atoms with E-state index < -0.39 is 0 Å². The van der Waals surface area contributed by atoms with Gasteiger partial charge in [0, 0.05) is 10.5 Å². The van der Waals surface area contributed by atoms with Crippen molar-refractivity contribution in [3.8, 4) is 6.07 Å². The quantitative estimate of drug-likeness (QED) is 0.526. The summed E-state index contributed by atoms with van der Waals surface area (Å²) in [4.78, 5) is 0.707. The van der Waals surface area contributed by atoms with Crippen LogP contribution >= 0.6 is 15.9 Å². The van der Waals surface area contributed by atoms with Gasteiger partial charge >= 0.3 is 0 Å². The van der Waals surface area contributed by atoms with E-state index in [4.69, 9.17) is 5.26 Å². The molecule has 0 aliphatic heterocycles.